The van der Waals surface area contributed by atoms with Gasteiger partial charge < -0.3 is 4.43 Å². The minimum Gasteiger partial charge on any atom is -0.416 e. The SMILES string of the molecule is CCC1(CO[Si](CC)(CC)CCC2CC3C=CC2C3)CCC1. The molecule has 1 nitrogen and oxygen atoms in total. The van der Waals surface area contributed by atoms with Gasteiger partial charge in [-0.1, -0.05) is 45.8 Å². The second-order valence-corrected chi connectivity index (χ2v) is 13.0. The van der Waals surface area contributed by atoms with Crippen molar-refractivity contribution in [3.05, 3.63) is 12.2 Å². The van der Waals surface area contributed by atoms with Crippen LogP contribution in [-0.4, -0.2) is 14.9 Å². The van der Waals surface area contributed by atoms with Crippen LogP contribution in [0, 0.1) is 23.2 Å². The molecule has 3 rings (SSSR count). The van der Waals surface area contributed by atoms with E-state index >= 15 is 0 Å². The Hall–Kier alpha value is -0.0831. The Morgan fingerprint density at radius 3 is 2.32 bits per heavy atom. The van der Waals surface area contributed by atoms with Crippen molar-refractivity contribution in [3.8, 4) is 0 Å². The van der Waals surface area contributed by atoms with Crippen molar-refractivity contribution in [2.45, 2.75) is 83.8 Å². The van der Waals surface area contributed by atoms with E-state index in [1.165, 1.54) is 63.1 Å². The van der Waals surface area contributed by atoms with Crippen molar-refractivity contribution in [1.82, 2.24) is 0 Å². The summed E-state index contributed by atoms with van der Waals surface area (Å²) < 4.78 is 6.79. The molecule has 3 aliphatic carbocycles. The first-order chi connectivity index (χ1) is 10.6. The maximum absolute atomic E-state index is 6.79. The minimum absolute atomic E-state index is 0.567. The van der Waals surface area contributed by atoms with Gasteiger partial charge in [-0.05, 0) is 73.4 Å². The molecular weight excluding hydrogens is 284 g/mol. The number of rotatable bonds is 9. The van der Waals surface area contributed by atoms with Gasteiger partial charge >= 0.3 is 0 Å². The molecule has 3 atom stereocenters. The molecule has 3 aliphatic rings. The van der Waals surface area contributed by atoms with Gasteiger partial charge in [0.05, 0.1) is 0 Å². The predicted molar refractivity (Wildman–Crippen MR) is 97.5 cm³/mol. The highest BCUT2D eigenvalue weighted by atomic mass is 28.4. The van der Waals surface area contributed by atoms with Gasteiger partial charge in [-0.25, -0.2) is 0 Å². The molecule has 2 heteroatoms. The summed E-state index contributed by atoms with van der Waals surface area (Å²) in [5.41, 5.74) is 0.567. The van der Waals surface area contributed by atoms with Gasteiger partial charge in [0.25, 0.3) is 0 Å². The van der Waals surface area contributed by atoms with Crippen LogP contribution in [0.4, 0.5) is 0 Å². The monoisotopic (exact) mass is 320 g/mol. The van der Waals surface area contributed by atoms with Gasteiger partial charge in [-0.2, -0.15) is 0 Å². The lowest BCUT2D eigenvalue weighted by molar-refractivity contribution is 0.0476. The van der Waals surface area contributed by atoms with Gasteiger partial charge in [0.1, 0.15) is 0 Å². The van der Waals surface area contributed by atoms with Gasteiger partial charge in [-0.3, -0.25) is 0 Å². The van der Waals surface area contributed by atoms with E-state index in [0.717, 1.165) is 24.4 Å². The molecule has 0 N–H and O–H groups in total. The largest absolute Gasteiger partial charge is 0.416 e. The molecule has 0 heterocycles. The van der Waals surface area contributed by atoms with Gasteiger partial charge in [0.2, 0.25) is 0 Å². The van der Waals surface area contributed by atoms with Crippen molar-refractivity contribution in [2.24, 2.45) is 23.2 Å². The zero-order chi connectivity index (χ0) is 15.6. The van der Waals surface area contributed by atoms with Crippen LogP contribution in [0.25, 0.3) is 0 Å². The molecule has 2 saturated carbocycles. The topological polar surface area (TPSA) is 9.23 Å². The molecule has 0 saturated heterocycles. The van der Waals surface area contributed by atoms with E-state index in [9.17, 15) is 0 Å². The molecule has 0 aromatic heterocycles. The van der Waals surface area contributed by atoms with E-state index in [-0.39, 0.29) is 0 Å². The van der Waals surface area contributed by atoms with Gasteiger partial charge in [0.15, 0.2) is 8.32 Å². The van der Waals surface area contributed by atoms with Gasteiger partial charge in [0, 0.05) is 6.61 Å². The van der Waals surface area contributed by atoms with Crippen LogP contribution in [0.3, 0.4) is 0 Å². The number of hydrogen-bond acceptors (Lipinski definition) is 1. The molecule has 0 spiro atoms. The van der Waals surface area contributed by atoms with E-state index in [1.807, 2.05) is 0 Å². The molecule has 126 valence electrons. The molecular formula is C20H36OSi. The first kappa shape index (κ1) is 16.8. The summed E-state index contributed by atoms with van der Waals surface area (Å²) >= 11 is 0. The highest BCUT2D eigenvalue weighted by Crippen LogP contribution is 2.47. The summed E-state index contributed by atoms with van der Waals surface area (Å²) in [5, 5.41) is 0. The van der Waals surface area contributed by atoms with E-state index in [1.54, 1.807) is 0 Å². The molecule has 2 fully saturated rings. The van der Waals surface area contributed by atoms with Crippen molar-refractivity contribution in [1.29, 1.82) is 0 Å². The zero-order valence-electron chi connectivity index (χ0n) is 15.1. The Kier molecular flexibility index (Phi) is 5.19. The van der Waals surface area contributed by atoms with Crippen LogP contribution < -0.4 is 0 Å². The normalized spacial score (nSPS) is 32.4. The molecule has 2 bridgehead atoms. The second-order valence-electron chi connectivity index (χ2n) is 8.46. The standard InChI is InChI=1S/C20H36OSi/c1-4-20(11-7-12-20)16-21-22(5-2,6-3)13-10-19-15-17-8-9-18(19)14-17/h8-9,17-19H,4-7,10-16H2,1-3H3. The summed E-state index contributed by atoms with van der Waals surface area (Å²) in [4.78, 5) is 0. The average Bonchev–Trinajstić information content (AvgIpc) is 3.13. The van der Waals surface area contributed by atoms with Crippen LogP contribution >= 0.6 is 0 Å². The lowest BCUT2D eigenvalue weighted by Crippen LogP contribution is -2.43. The zero-order valence-corrected chi connectivity index (χ0v) is 16.1. The molecule has 0 aliphatic heterocycles. The first-order valence-electron chi connectivity index (χ1n) is 9.96. The quantitative estimate of drug-likeness (QED) is 0.364. The molecule has 0 aromatic rings. The van der Waals surface area contributed by atoms with E-state index in [0.29, 0.717) is 5.41 Å². The number of hydrogen-bond donors (Lipinski definition) is 0. The van der Waals surface area contributed by atoms with E-state index < -0.39 is 8.32 Å². The van der Waals surface area contributed by atoms with Crippen molar-refractivity contribution in [2.75, 3.05) is 6.61 Å². The first-order valence-corrected chi connectivity index (χ1v) is 12.5. The third-order valence-corrected chi connectivity index (χ3v) is 12.1. The fourth-order valence-corrected chi connectivity index (χ4v) is 8.41. The van der Waals surface area contributed by atoms with Crippen molar-refractivity contribution in [3.63, 3.8) is 0 Å². The Labute approximate surface area is 139 Å². The fraction of sp³-hybridized carbons (Fsp3) is 0.900. The Bertz CT molecular complexity index is 389. The minimum atomic E-state index is -1.47. The van der Waals surface area contributed by atoms with Gasteiger partial charge in [-0.15, -0.1) is 0 Å². The second kappa shape index (κ2) is 6.81. The van der Waals surface area contributed by atoms with Crippen molar-refractivity contribution < 1.29 is 4.43 Å². The highest BCUT2D eigenvalue weighted by molar-refractivity contribution is 6.73. The molecule has 3 unspecified atom stereocenters. The van der Waals surface area contributed by atoms with Crippen LogP contribution in [0.2, 0.25) is 18.1 Å². The molecule has 22 heavy (non-hydrogen) atoms. The summed E-state index contributed by atoms with van der Waals surface area (Å²) in [6, 6.07) is 4.06. The molecule has 0 radical (unpaired) electrons. The van der Waals surface area contributed by atoms with E-state index in [4.69, 9.17) is 4.43 Å². The van der Waals surface area contributed by atoms with E-state index in [2.05, 4.69) is 32.9 Å². The Morgan fingerprint density at radius 2 is 1.86 bits per heavy atom. The Morgan fingerprint density at radius 1 is 1.09 bits per heavy atom. The average molecular weight is 321 g/mol. The lowest BCUT2D eigenvalue weighted by Gasteiger charge is -2.44. The van der Waals surface area contributed by atoms with Crippen LogP contribution in [0.1, 0.15) is 65.7 Å². The van der Waals surface area contributed by atoms with Crippen LogP contribution in [-0.2, 0) is 4.43 Å². The smallest absolute Gasteiger partial charge is 0.192 e. The summed E-state index contributed by atoms with van der Waals surface area (Å²) in [7, 11) is -1.47. The highest BCUT2D eigenvalue weighted by Gasteiger charge is 2.41. The summed E-state index contributed by atoms with van der Waals surface area (Å²) in [6.07, 6.45) is 14.9. The molecule has 0 amide bonds. The maximum atomic E-state index is 6.79. The Balaban J connectivity index is 1.53. The molecule has 0 aromatic carbocycles. The third kappa shape index (κ3) is 3.24. The number of allylic oxidation sites excluding steroid dienone is 2. The maximum Gasteiger partial charge on any atom is 0.192 e. The predicted octanol–water partition coefficient (Wildman–Crippen LogP) is 6.17. The lowest BCUT2D eigenvalue weighted by atomic mass is 9.68. The summed E-state index contributed by atoms with van der Waals surface area (Å²) in [5.74, 6) is 2.82. The van der Waals surface area contributed by atoms with Crippen molar-refractivity contribution >= 4 is 8.32 Å². The fourth-order valence-electron chi connectivity index (χ4n) is 5.14. The summed E-state index contributed by atoms with van der Waals surface area (Å²) in [6.45, 7) is 8.24. The number of fused-ring (bicyclic) bond motifs is 2. The van der Waals surface area contributed by atoms with Crippen LogP contribution in [0.5, 0.6) is 0 Å². The van der Waals surface area contributed by atoms with Crippen LogP contribution in [0.15, 0.2) is 12.2 Å². The third-order valence-electron chi connectivity index (χ3n) is 7.52.